The lowest BCUT2D eigenvalue weighted by atomic mass is 10.1. The van der Waals surface area contributed by atoms with Crippen LogP contribution in [0.5, 0.6) is 5.75 Å². The van der Waals surface area contributed by atoms with E-state index in [0.29, 0.717) is 6.61 Å². The Balaban J connectivity index is 1.69. The number of rotatable bonds is 6. The molecule has 7 heteroatoms. The number of nitrogens with one attached hydrogen (secondary N) is 1. The maximum absolute atomic E-state index is 8.78. The summed E-state index contributed by atoms with van der Waals surface area (Å²) >= 11 is 2.74. The third kappa shape index (κ3) is 3.79. The maximum Gasteiger partial charge on any atom is 0.143 e. The molecule has 0 fully saturated rings. The zero-order valence-corrected chi connectivity index (χ0v) is 16.7. The van der Waals surface area contributed by atoms with Crippen LogP contribution in [0.1, 0.15) is 6.92 Å². The summed E-state index contributed by atoms with van der Waals surface area (Å²) in [5, 5.41) is 17.3. The van der Waals surface area contributed by atoms with E-state index in [4.69, 9.17) is 10.00 Å². The average molecular weight is 405 g/mol. The third-order valence-corrected chi connectivity index (χ3v) is 5.61. The summed E-state index contributed by atoms with van der Waals surface area (Å²) in [6.07, 6.45) is 1.57. The first-order valence-electron chi connectivity index (χ1n) is 8.67. The minimum absolute atomic E-state index is 0.647. The molecule has 0 spiro atoms. The quantitative estimate of drug-likeness (QED) is 0.310. The van der Waals surface area contributed by atoms with Gasteiger partial charge in [0.1, 0.15) is 28.1 Å². The molecule has 4 rings (SSSR count). The van der Waals surface area contributed by atoms with Crippen molar-refractivity contribution in [1.29, 1.82) is 5.26 Å². The second-order valence-electron chi connectivity index (χ2n) is 5.85. The number of thiocyanates is 1. The number of nitrogens with zero attached hydrogens (tertiary/aromatic N) is 3. The first kappa shape index (κ1) is 18.3. The Morgan fingerprint density at radius 3 is 2.61 bits per heavy atom. The smallest absolute Gasteiger partial charge is 0.143 e. The second-order valence-corrected chi connectivity index (χ2v) is 7.57. The van der Waals surface area contributed by atoms with E-state index in [1.165, 1.54) is 0 Å². The van der Waals surface area contributed by atoms with Gasteiger partial charge in [0.2, 0.25) is 0 Å². The molecule has 2 aromatic carbocycles. The predicted octanol–water partition coefficient (Wildman–Crippen LogP) is 6.07. The summed E-state index contributed by atoms with van der Waals surface area (Å²) in [4.78, 5) is 10.7. The Morgan fingerprint density at radius 2 is 1.89 bits per heavy atom. The molecule has 0 unspecified atom stereocenters. The highest BCUT2D eigenvalue weighted by Gasteiger charge is 2.13. The molecule has 0 radical (unpaired) electrons. The largest absolute Gasteiger partial charge is 0.494 e. The Bertz CT molecular complexity index is 1130. The van der Waals surface area contributed by atoms with Crippen molar-refractivity contribution in [1.82, 2.24) is 9.97 Å². The fraction of sp³-hybridized carbons (Fsp3) is 0.0952. The van der Waals surface area contributed by atoms with Crippen LogP contribution in [-0.2, 0) is 0 Å². The predicted molar refractivity (Wildman–Crippen MR) is 115 cm³/mol. The van der Waals surface area contributed by atoms with Crippen LogP contribution in [0.25, 0.3) is 21.3 Å². The summed E-state index contributed by atoms with van der Waals surface area (Å²) in [5.74, 6) is 1.62. The van der Waals surface area contributed by atoms with Gasteiger partial charge < -0.3 is 10.1 Å². The van der Waals surface area contributed by atoms with E-state index >= 15 is 0 Å². The van der Waals surface area contributed by atoms with Crippen LogP contribution < -0.4 is 10.1 Å². The average Bonchev–Trinajstić information content (AvgIpc) is 3.16. The fourth-order valence-corrected chi connectivity index (χ4v) is 4.17. The van der Waals surface area contributed by atoms with Crippen molar-refractivity contribution in [3.05, 3.63) is 60.2 Å². The van der Waals surface area contributed by atoms with Crippen molar-refractivity contribution in [3.63, 3.8) is 0 Å². The van der Waals surface area contributed by atoms with Crippen LogP contribution in [0.2, 0.25) is 0 Å². The van der Waals surface area contributed by atoms with Crippen molar-refractivity contribution >= 4 is 44.8 Å². The maximum atomic E-state index is 8.78. The molecule has 28 heavy (non-hydrogen) atoms. The van der Waals surface area contributed by atoms with E-state index in [1.807, 2.05) is 43.3 Å². The number of benzene rings is 2. The van der Waals surface area contributed by atoms with Gasteiger partial charge in [-0.1, -0.05) is 12.1 Å². The van der Waals surface area contributed by atoms with E-state index < -0.39 is 0 Å². The van der Waals surface area contributed by atoms with Gasteiger partial charge in [-0.3, -0.25) is 0 Å². The van der Waals surface area contributed by atoms with E-state index in [1.54, 1.807) is 17.7 Å². The number of thioether (sulfide) groups is 1. The lowest BCUT2D eigenvalue weighted by Gasteiger charge is -2.09. The van der Waals surface area contributed by atoms with Gasteiger partial charge in [0.15, 0.2) is 0 Å². The van der Waals surface area contributed by atoms with Gasteiger partial charge >= 0.3 is 0 Å². The van der Waals surface area contributed by atoms with Gasteiger partial charge in [-0.25, -0.2) is 9.97 Å². The standard InChI is InChI=1S/C21H16N4OS2/c1-2-26-16-7-3-14(4-8-16)18-11-27-21-19(18)20(23-13-24-21)25-15-5-9-17(10-6-15)28-12-22/h3-11,13H,2H2,1H3,(H,23,24,25). The zero-order valence-electron chi connectivity index (χ0n) is 15.0. The molecule has 2 aromatic heterocycles. The summed E-state index contributed by atoms with van der Waals surface area (Å²) in [7, 11) is 0. The zero-order chi connectivity index (χ0) is 19.3. The Hall–Kier alpha value is -3.08. The molecular formula is C21H16N4OS2. The highest BCUT2D eigenvalue weighted by atomic mass is 32.2. The first-order valence-corrected chi connectivity index (χ1v) is 10.4. The molecule has 138 valence electrons. The highest BCUT2D eigenvalue weighted by Crippen LogP contribution is 2.38. The molecule has 0 bridgehead atoms. The molecule has 0 saturated heterocycles. The Labute approximate surface area is 171 Å². The van der Waals surface area contributed by atoms with Gasteiger partial charge in [0.25, 0.3) is 0 Å². The van der Waals surface area contributed by atoms with Crippen molar-refractivity contribution < 1.29 is 4.74 Å². The minimum atomic E-state index is 0.647. The van der Waals surface area contributed by atoms with Crippen LogP contribution in [0.3, 0.4) is 0 Å². The molecule has 0 aliphatic carbocycles. The molecule has 1 N–H and O–H groups in total. The van der Waals surface area contributed by atoms with Crippen LogP contribution in [-0.4, -0.2) is 16.6 Å². The number of nitriles is 1. The Morgan fingerprint density at radius 1 is 1.11 bits per heavy atom. The Kier molecular flexibility index (Phi) is 5.42. The number of hydrogen-bond donors (Lipinski definition) is 1. The topological polar surface area (TPSA) is 70.8 Å². The van der Waals surface area contributed by atoms with Gasteiger partial charge in [0.05, 0.1) is 12.0 Å². The number of fused-ring (bicyclic) bond motifs is 1. The third-order valence-electron chi connectivity index (χ3n) is 4.13. The molecular weight excluding hydrogens is 388 g/mol. The number of ether oxygens (including phenoxy) is 1. The number of hydrogen-bond acceptors (Lipinski definition) is 7. The number of thiophene rings is 1. The first-order chi connectivity index (χ1) is 13.8. The monoisotopic (exact) mass is 404 g/mol. The van der Waals surface area contributed by atoms with E-state index in [9.17, 15) is 0 Å². The lowest BCUT2D eigenvalue weighted by molar-refractivity contribution is 0.340. The molecule has 4 aromatic rings. The number of aromatic nitrogens is 2. The molecule has 0 aliphatic rings. The molecule has 0 atom stereocenters. The number of anilines is 2. The molecule has 0 aliphatic heterocycles. The van der Waals surface area contributed by atoms with E-state index in [2.05, 4.69) is 38.2 Å². The summed E-state index contributed by atoms with van der Waals surface area (Å²) in [6, 6.07) is 15.8. The van der Waals surface area contributed by atoms with Crippen molar-refractivity contribution in [2.24, 2.45) is 0 Å². The van der Waals surface area contributed by atoms with Gasteiger partial charge in [-0.15, -0.1) is 11.3 Å². The van der Waals surface area contributed by atoms with E-state index in [-0.39, 0.29) is 0 Å². The minimum Gasteiger partial charge on any atom is -0.494 e. The summed E-state index contributed by atoms with van der Waals surface area (Å²) in [6.45, 7) is 2.62. The van der Waals surface area contributed by atoms with Gasteiger partial charge in [-0.05, 0) is 60.6 Å². The SMILES string of the molecule is CCOc1ccc(-c2csc3ncnc(Nc4ccc(SC#N)cc4)c23)cc1. The normalized spacial score (nSPS) is 10.6. The van der Waals surface area contributed by atoms with Gasteiger partial charge in [0, 0.05) is 21.5 Å². The fourth-order valence-electron chi connectivity index (χ4n) is 2.88. The van der Waals surface area contributed by atoms with Crippen LogP contribution in [0, 0.1) is 10.7 Å². The van der Waals surface area contributed by atoms with E-state index in [0.717, 1.165) is 55.3 Å². The van der Waals surface area contributed by atoms with Crippen molar-refractivity contribution in [2.75, 3.05) is 11.9 Å². The van der Waals surface area contributed by atoms with Crippen LogP contribution >= 0.6 is 23.1 Å². The van der Waals surface area contributed by atoms with Crippen LogP contribution in [0.15, 0.2) is 65.1 Å². The molecule has 0 amide bonds. The molecule has 5 nitrogen and oxygen atoms in total. The molecule has 0 saturated carbocycles. The highest BCUT2D eigenvalue weighted by molar-refractivity contribution is 8.03. The summed E-state index contributed by atoms with van der Waals surface area (Å²) < 4.78 is 5.54. The molecule has 2 heterocycles. The van der Waals surface area contributed by atoms with Gasteiger partial charge in [-0.2, -0.15) is 5.26 Å². The second kappa shape index (κ2) is 8.30. The van der Waals surface area contributed by atoms with Crippen molar-refractivity contribution in [2.45, 2.75) is 11.8 Å². The summed E-state index contributed by atoms with van der Waals surface area (Å²) in [5.41, 5.74) is 3.09. The lowest BCUT2D eigenvalue weighted by Crippen LogP contribution is -1.95. The van der Waals surface area contributed by atoms with Crippen molar-refractivity contribution in [3.8, 4) is 22.3 Å². The van der Waals surface area contributed by atoms with Crippen LogP contribution in [0.4, 0.5) is 11.5 Å².